The molecule has 3 amide bonds. The number of sulfonamides is 1. The van der Waals surface area contributed by atoms with E-state index in [1.165, 1.54) is 65.8 Å². The minimum Gasteiger partial charge on any atom is -0.468 e. The quantitative estimate of drug-likeness (QED) is 0.278. The van der Waals surface area contributed by atoms with Crippen molar-refractivity contribution in [2.75, 3.05) is 32.3 Å². The highest BCUT2D eigenvalue weighted by atomic mass is 32.2. The third-order valence-electron chi connectivity index (χ3n) is 4.85. The van der Waals surface area contributed by atoms with Crippen LogP contribution in [0.25, 0.3) is 0 Å². The van der Waals surface area contributed by atoms with Crippen molar-refractivity contribution in [1.29, 1.82) is 0 Å². The molecule has 0 N–H and O–H groups in total. The summed E-state index contributed by atoms with van der Waals surface area (Å²) in [6, 6.07) is 3.85. The van der Waals surface area contributed by atoms with Crippen molar-refractivity contribution in [2.24, 2.45) is 0 Å². The maximum Gasteiger partial charge on any atom is 0.424 e. The predicted molar refractivity (Wildman–Crippen MR) is 150 cm³/mol. The van der Waals surface area contributed by atoms with Gasteiger partial charge in [-0.3, -0.25) is 9.59 Å². The number of hydrogen-bond acceptors (Lipinski definition) is 12. The van der Waals surface area contributed by atoms with Crippen LogP contribution in [-0.4, -0.2) is 97.2 Å². The molecule has 0 aromatic heterocycles. The van der Waals surface area contributed by atoms with Gasteiger partial charge in [-0.2, -0.15) is 4.31 Å². The van der Waals surface area contributed by atoms with Crippen LogP contribution in [0, 0.1) is 6.92 Å². The molecule has 1 rings (SSSR count). The largest absolute Gasteiger partial charge is 0.468 e. The number of hydrogen-bond donors (Lipinski definition) is 0. The summed E-state index contributed by atoms with van der Waals surface area (Å²) in [6.45, 7) is 9.56. The molecule has 230 valence electrons. The lowest BCUT2D eigenvalue weighted by Crippen LogP contribution is -2.56. The van der Waals surface area contributed by atoms with Gasteiger partial charge in [-0.1, -0.05) is 17.7 Å². The number of ether oxygens (including phenoxy) is 4. The van der Waals surface area contributed by atoms with Crippen molar-refractivity contribution in [1.82, 2.24) is 9.21 Å². The molecule has 41 heavy (non-hydrogen) atoms. The number of methoxy groups -OCH3 is 2. The Labute approximate surface area is 244 Å². The van der Waals surface area contributed by atoms with Gasteiger partial charge in [0.2, 0.25) is 0 Å². The molecule has 13 nitrogen and oxygen atoms in total. The fourth-order valence-electron chi connectivity index (χ4n) is 3.01. The normalized spacial score (nSPS) is 12.5. The van der Waals surface area contributed by atoms with Crippen molar-refractivity contribution >= 4 is 51.8 Å². The Balaban J connectivity index is 3.63. The van der Waals surface area contributed by atoms with Gasteiger partial charge < -0.3 is 18.9 Å². The van der Waals surface area contributed by atoms with E-state index in [1.54, 1.807) is 6.92 Å². The third kappa shape index (κ3) is 11.2. The monoisotopic (exact) mass is 618 g/mol. The lowest BCUT2D eigenvalue weighted by Gasteiger charge is -2.32. The van der Waals surface area contributed by atoms with Crippen LogP contribution in [-0.2, 0) is 43.4 Å². The molecule has 0 radical (unpaired) electrons. The molecule has 15 heteroatoms. The van der Waals surface area contributed by atoms with Crippen molar-refractivity contribution in [3.05, 3.63) is 29.8 Å². The Morgan fingerprint density at radius 1 is 0.854 bits per heavy atom. The average molecular weight is 619 g/mol. The number of nitrogens with zero attached hydrogens (tertiary/aromatic N) is 2. The van der Waals surface area contributed by atoms with Crippen LogP contribution < -0.4 is 0 Å². The summed E-state index contributed by atoms with van der Waals surface area (Å²) >= 11 is 0.855. The molecule has 0 aliphatic rings. The zero-order valence-electron chi connectivity index (χ0n) is 24.7. The fourth-order valence-corrected chi connectivity index (χ4v) is 5.17. The molecule has 1 aromatic rings. The third-order valence-corrected chi connectivity index (χ3v) is 7.57. The first-order chi connectivity index (χ1) is 18.7. The summed E-state index contributed by atoms with van der Waals surface area (Å²) in [7, 11) is -2.50. The molecule has 1 atom stereocenters. The number of benzene rings is 1. The highest BCUT2D eigenvalue weighted by Crippen LogP contribution is 2.22. The molecule has 0 aliphatic heterocycles. The zero-order valence-corrected chi connectivity index (χ0v) is 26.3. The van der Waals surface area contributed by atoms with E-state index >= 15 is 0 Å². The Bertz CT molecular complexity index is 1220. The van der Waals surface area contributed by atoms with Crippen molar-refractivity contribution in [3.8, 4) is 0 Å². The minimum atomic E-state index is -4.69. The van der Waals surface area contributed by atoms with Crippen LogP contribution in [0.2, 0.25) is 0 Å². The van der Waals surface area contributed by atoms with Crippen LogP contribution >= 0.6 is 11.8 Å². The van der Waals surface area contributed by atoms with Gasteiger partial charge in [0, 0.05) is 5.75 Å². The second-order valence-electron chi connectivity index (χ2n) is 10.7. The molecule has 0 spiro atoms. The molecule has 1 aromatic carbocycles. The Morgan fingerprint density at radius 2 is 1.37 bits per heavy atom. The maximum atomic E-state index is 13.7. The van der Waals surface area contributed by atoms with Crippen LogP contribution in [0.4, 0.5) is 9.59 Å². The molecule has 0 aliphatic carbocycles. The minimum absolute atomic E-state index is 0.179. The number of carbonyl (C=O) groups is 5. The highest BCUT2D eigenvalue weighted by Gasteiger charge is 2.42. The van der Waals surface area contributed by atoms with Crippen molar-refractivity contribution in [2.45, 2.75) is 70.6 Å². The molecular formula is C26H38N2O11S2. The molecule has 0 bridgehead atoms. The first kappa shape index (κ1) is 35.7. The number of thioether (sulfide) groups is 1. The zero-order chi connectivity index (χ0) is 31.8. The van der Waals surface area contributed by atoms with Gasteiger partial charge in [-0.15, -0.1) is 11.8 Å². The Hall–Kier alpha value is -3.33. The van der Waals surface area contributed by atoms with E-state index in [1.807, 2.05) is 0 Å². The summed E-state index contributed by atoms with van der Waals surface area (Å²) in [5.41, 5.74) is -1.54. The summed E-state index contributed by atoms with van der Waals surface area (Å²) in [6.07, 6.45) is -2.68. The number of aryl methyl sites for hydroxylation is 1. The predicted octanol–water partition coefficient (Wildman–Crippen LogP) is 3.13. The second kappa shape index (κ2) is 14.5. The van der Waals surface area contributed by atoms with Gasteiger partial charge in [-0.25, -0.2) is 27.7 Å². The highest BCUT2D eigenvalue weighted by molar-refractivity contribution is 8.00. The molecule has 0 fully saturated rings. The van der Waals surface area contributed by atoms with E-state index in [-0.39, 0.29) is 20.7 Å². The lowest BCUT2D eigenvalue weighted by molar-refractivity contribution is -0.151. The Kier molecular flexibility index (Phi) is 12.6. The van der Waals surface area contributed by atoms with Gasteiger partial charge in [0.05, 0.1) is 24.9 Å². The van der Waals surface area contributed by atoms with Gasteiger partial charge in [0.25, 0.3) is 15.9 Å². The second-order valence-corrected chi connectivity index (χ2v) is 13.6. The van der Waals surface area contributed by atoms with E-state index < -0.39 is 63.8 Å². The number of carbonyl (C=O) groups excluding carboxylic acids is 5. The lowest BCUT2D eigenvalue weighted by atomic mass is 10.2. The summed E-state index contributed by atoms with van der Waals surface area (Å²) in [4.78, 5) is 64.5. The Morgan fingerprint density at radius 3 is 1.83 bits per heavy atom. The number of amides is 3. The summed E-state index contributed by atoms with van der Waals surface area (Å²) < 4.78 is 47.2. The molecular weight excluding hydrogens is 580 g/mol. The van der Waals surface area contributed by atoms with Gasteiger partial charge in [0.15, 0.2) is 0 Å². The number of rotatable bonds is 10. The fraction of sp³-hybridized carbons (Fsp3) is 0.577. The summed E-state index contributed by atoms with van der Waals surface area (Å²) in [5.74, 6) is -3.52. The maximum absolute atomic E-state index is 13.7. The van der Waals surface area contributed by atoms with Crippen molar-refractivity contribution in [3.63, 3.8) is 0 Å². The van der Waals surface area contributed by atoms with Gasteiger partial charge >= 0.3 is 24.1 Å². The van der Waals surface area contributed by atoms with E-state index in [4.69, 9.17) is 14.2 Å². The first-order valence-corrected chi connectivity index (χ1v) is 14.9. The topological polar surface area (TPSA) is 163 Å². The SMILES string of the molecule is COC(=O)CSC[C@@H](C(=O)OC)N(C(=O)CN(C(=O)OC(C)(C)C)S(=O)(=O)c1ccc(C)cc1)C(=O)OC(C)(C)C. The van der Waals surface area contributed by atoms with E-state index in [9.17, 15) is 32.4 Å². The first-order valence-electron chi connectivity index (χ1n) is 12.3. The number of imide groups is 1. The van der Waals surface area contributed by atoms with Gasteiger partial charge in [0.1, 0.15) is 23.8 Å². The molecule has 0 saturated heterocycles. The molecule has 0 saturated carbocycles. The molecule has 0 unspecified atom stereocenters. The van der Waals surface area contributed by atoms with E-state index in [0.717, 1.165) is 31.5 Å². The van der Waals surface area contributed by atoms with Crippen LogP contribution in [0.1, 0.15) is 47.1 Å². The molecule has 0 heterocycles. The number of esters is 2. The standard InChI is InChI=1S/C26H38N2O11S2/c1-17-10-12-18(13-11-17)41(34,35)27(23(32)38-25(2,3)4)14-20(29)28(24(33)39-26(5,6)7)19(22(31)37-9)15-40-16-21(30)36-8/h10-13,19H,14-16H2,1-9H3/t19-/m0/s1. The van der Waals surface area contributed by atoms with Gasteiger partial charge in [-0.05, 0) is 60.6 Å². The average Bonchev–Trinajstić information content (AvgIpc) is 2.83. The van der Waals surface area contributed by atoms with E-state index in [2.05, 4.69) is 4.74 Å². The van der Waals surface area contributed by atoms with Crippen molar-refractivity contribution < 1.29 is 51.3 Å². The van der Waals surface area contributed by atoms with Crippen LogP contribution in [0.3, 0.4) is 0 Å². The van der Waals surface area contributed by atoms with Crippen LogP contribution in [0.15, 0.2) is 29.2 Å². The van der Waals surface area contributed by atoms with E-state index in [0.29, 0.717) is 4.90 Å². The smallest absolute Gasteiger partial charge is 0.424 e. The summed E-state index contributed by atoms with van der Waals surface area (Å²) in [5, 5.41) is 0. The van der Waals surface area contributed by atoms with Crippen LogP contribution in [0.5, 0.6) is 0 Å².